The van der Waals surface area contributed by atoms with E-state index in [1.807, 2.05) is 4.90 Å². The van der Waals surface area contributed by atoms with Crippen molar-refractivity contribution in [2.75, 3.05) is 31.1 Å². The van der Waals surface area contributed by atoms with E-state index < -0.39 is 15.8 Å². The van der Waals surface area contributed by atoms with Crippen LogP contribution >= 0.6 is 11.6 Å². The van der Waals surface area contributed by atoms with Gasteiger partial charge in [-0.1, -0.05) is 11.6 Å². The minimum atomic E-state index is -3.72. The Morgan fingerprint density at radius 1 is 0.917 bits per heavy atom. The summed E-state index contributed by atoms with van der Waals surface area (Å²) in [6.07, 6.45) is 0. The van der Waals surface area contributed by atoms with Crippen molar-refractivity contribution in [3.8, 4) is 0 Å². The molecule has 1 fully saturated rings. The SMILES string of the molecule is O=S(=O)(c1ccc(F)c(Cl)c1)N1CCN(c2ccc(F)cc2)CC1. The van der Waals surface area contributed by atoms with Gasteiger partial charge in [-0.05, 0) is 42.5 Å². The molecule has 0 spiro atoms. The van der Waals surface area contributed by atoms with Crippen LogP contribution in [-0.2, 0) is 10.0 Å². The first-order valence-corrected chi connectivity index (χ1v) is 9.15. The van der Waals surface area contributed by atoms with Gasteiger partial charge in [-0.2, -0.15) is 4.31 Å². The fraction of sp³-hybridized carbons (Fsp3) is 0.250. The molecule has 0 radical (unpaired) electrons. The normalized spacial score (nSPS) is 16.4. The van der Waals surface area contributed by atoms with Crippen LogP contribution in [0, 0.1) is 11.6 Å². The average molecular weight is 373 g/mol. The van der Waals surface area contributed by atoms with Crippen LogP contribution in [0.5, 0.6) is 0 Å². The summed E-state index contributed by atoms with van der Waals surface area (Å²) in [5.74, 6) is -0.968. The Kier molecular flexibility index (Phi) is 4.76. The maximum absolute atomic E-state index is 13.2. The van der Waals surface area contributed by atoms with Gasteiger partial charge in [-0.25, -0.2) is 17.2 Å². The number of nitrogens with zero attached hydrogens (tertiary/aromatic N) is 2. The van der Waals surface area contributed by atoms with Crippen LogP contribution in [0.3, 0.4) is 0 Å². The van der Waals surface area contributed by atoms with Crippen LogP contribution in [0.2, 0.25) is 5.02 Å². The Morgan fingerprint density at radius 2 is 1.54 bits per heavy atom. The van der Waals surface area contributed by atoms with Crippen molar-refractivity contribution in [1.82, 2.24) is 4.31 Å². The molecule has 24 heavy (non-hydrogen) atoms. The lowest BCUT2D eigenvalue weighted by atomic mass is 10.2. The third-order valence-electron chi connectivity index (χ3n) is 3.96. The third kappa shape index (κ3) is 3.38. The minimum Gasteiger partial charge on any atom is -0.369 e. The van der Waals surface area contributed by atoms with E-state index in [1.165, 1.54) is 22.5 Å². The molecule has 128 valence electrons. The van der Waals surface area contributed by atoms with E-state index in [-0.39, 0.29) is 28.8 Å². The molecule has 0 saturated carbocycles. The molecular formula is C16H15ClF2N2O2S. The minimum absolute atomic E-state index is 0.0240. The van der Waals surface area contributed by atoms with Crippen molar-refractivity contribution < 1.29 is 17.2 Å². The van der Waals surface area contributed by atoms with Gasteiger partial charge in [0.25, 0.3) is 0 Å². The Balaban J connectivity index is 1.73. The summed E-state index contributed by atoms with van der Waals surface area (Å²) in [5, 5.41) is -0.221. The van der Waals surface area contributed by atoms with Gasteiger partial charge in [0.2, 0.25) is 10.0 Å². The van der Waals surface area contributed by atoms with Crippen molar-refractivity contribution in [2.24, 2.45) is 0 Å². The Hall–Kier alpha value is -1.70. The highest BCUT2D eigenvalue weighted by molar-refractivity contribution is 7.89. The predicted molar refractivity (Wildman–Crippen MR) is 88.8 cm³/mol. The molecule has 2 aromatic carbocycles. The molecule has 1 heterocycles. The largest absolute Gasteiger partial charge is 0.369 e. The zero-order valence-corrected chi connectivity index (χ0v) is 14.2. The zero-order chi connectivity index (χ0) is 17.3. The highest BCUT2D eigenvalue weighted by Gasteiger charge is 2.29. The summed E-state index contributed by atoms with van der Waals surface area (Å²) in [7, 11) is -3.72. The monoisotopic (exact) mass is 372 g/mol. The fourth-order valence-electron chi connectivity index (χ4n) is 2.62. The van der Waals surface area contributed by atoms with Gasteiger partial charge in [0.05, 0.1) is 9.92 Å². The molecule has 1 saturated heterocycles. The summed E-state index contributed by atoms with van der Waals surface area (Å²) in [6.45, 7) is 1.54. The van der Waals surface area contributed by atoms with E-state index in [0.717, 1.165) is 17.8 Å². The lowest BCUT2D eigenvalue weighted by molar-refractivity contribution is 0.385. The first kappa shape index (κ1) is 17.1. The van der Waals surface area contributed by atoms with Crippen molar-refractivity contribution in [3.05, 3.63) is 59.1 Å². The van der Waals surface area contributed by atoms with Gasteiger partial charge < -0.3 is 4.90 Å². The van der Waals surface area contributed by atoms with E-state index in [9.17, 15) is 17.2 Å². The lowest BCUT2D eigenvalue weighted by Gasteiger charge is -2.35. The summed E-state index contributed by atoms with van der Waals surface area (Å²) >= 11 is 5.68. The summed E-state index contributed by atoms with van der Waals surface area (Å²) in [6, 6.07) is 9.46. The molecule has 0 atom stereocenters. The molecule has 4 nitrogen and oxygen atoms in total. The lowest BCUT2D eigenvalue weighted by Crippen LogP contribution is -2.48. The maximum atomic E-state index is 13.2. The van der Waals surface area contributed by atoms with Gasteiger partial charge in [-0.15, -0.1) is 0 Å². The fourth-order valence-corrected chi connectivity index (χ4v) is 4.32. The molecule has 1 aliphatic heterocycles. The van der Waals surface area contributed by atoms with E-state index in [0.29, 0.717) is 13.1 Å². The van der Waals surface area contributed by atoms with Gasteiger partial charge in [-0.3, -0.25) is 0 Å². The number of sulfonamides is 1. The molecule has 1 aliphatic rings. The first-order chi connectivity index (χ1) is 11.4. The number of hydrogen-bond acceptors (Lipinski definition) is 3. The van der Waals surface area contributed by atoms with Crippen molar-refractivity contribution in [1.29, 1.82) is 0 Å². The molecule has 0 N–H and O–H groups in total. The zero-order valence-electron chi connectivity index (χ0n) is 12.6. The van der Waals surface area contributed by atoms with Gasteiger partial charge in [0.15, 0.2) is 0 Å². The molecule has 2 aromatic rings. The number of rotatable bonds is 3. The third-order valence-corrected chi connectivity index (χ3v) is 6.14. The highest BCUT2D eigenvalue weighted by atomic mass is 35.5. The second kappa shape index (κ2) is 6.66. The van der Waals surface area contributed by atoms with Crippen LogP contribution in [0.15, 0.2) is 47.4 Å². The molecule has 3 rings (SSSR count). The Labute approximate surface area is 144 Å². The van der Waals surface area contributed by atoms with Crippen LogP contribution in [0.4, 0.5) is 14.5 Å². The highest BCUT2D eigenvalue weighted by Crippen LogP contribution is 2.24. The Bertz CT molecular complexity index is 836. The molecule has 0 aromatic heterocycles. The van der Waals surface area contributed by atoms with Crippen LogP contribution in [0.1, 0.15) is 0 Å². The molecular weight excluding hydrogens is 358 g/mol. The number of hydrogen-bond donors (Lipinski definition) is 0. The van der Waals surface area contributed by atoms with E-state index in [1.54, 1.807) is 12.1 Å². The molecule has 0 unspecified atom stereocenters. The van der Waals surface area contributed by atoms with Crippen LogP contribution in [-0.4, -0.2) is 38.9 Å². The summed E-state index contributed by atoms with van der Waals surface area (Å²) in [5.41, 5.74) is 0.846. The van der Waals surface area contributed by atoms with E-state index >= 15 is 0 Å². The summed E-state index contributed by atoms with van der Waals surface area (Å²) in [4.78, 5) is 1.97. The number of piperazine rings is 1. The second-order valence-corrected chi connectivity index (χ2v) is 7.79. The van der Waals surface area contributed by atoms with E-state index in [2.05, 4.69) is 0 Å². The van der Waals surface area contributed by atoms with Crippen molar-refractivity contribution >= 4 is 27.3 Å². The molecule has 0 aliphatic carbocycles. The number of anilines is 1. The molecule has 0 bridgehead atoms. The van der Waals surface area contributed by atoms with E-state index in [4.69, 9.17) is 11.6 Å². The first-order valence-electron chi connectivity index (χ1n) is 7.33. The van der Waals surface area contributed by atoms with Gasteiger partial charge >= 0.3 is 0 Å². The quantitative estimate of drug-likeness (QED) is 0.831. The number of benzene rings is 2. The van der Waals surface area contributed by atoms with Gasteiger partial charge in [0, 0.05) is 31.9 Å². The topological polar surface area (TPSA) is 40.6 Å². The van der Waals surface area contributed by atoms with Crippen molar-refractivity contribution in [2.45, 2.75) is 4.90 Å². The predicted octanol–water partition coefficient (Wildman–Crippen LogP) is 3.13. The standard InChI is InChI=1S/C16H15ClF2N2O2S/c17-15-11-14(5-6-16(15)19)24(22,23)21-9-7-20(8-10-21)13-3-1-12(18)2-4-13/h1-6,11H,7-10H2. The smallest absolute Gasteiger partial charge is 0.243 e. The van der Waals surface area contributed by atoms with Crippen LogP contribution < -0.4 is 4.90 Å². The van der Waals surface area contributed by atoms with Crippen molar-refractivity contribution in [3.63, 3.8) is 0 Å². The number of halogens is 3. The average Bonchev–Trinajstić information content (AvgIpc) is 2.58. The Morgan fingerprint density at radius 3 is 2.12 bits per heavy atom. The maximum Gasteiger partial charge on any atom is 0.243 e. The van der Waals surface area contributed by atoms with Crippen LogP contribution in [0.25, 0.3) is 0 Å². The molecule has 8 heteroatoms. The summed E-state index contributed by atoms with van der Waals surface area (Å²) < 4.78 is 52.8. The van der Waals surface area contributed by atoms with Gasteiger partial charge in [0.1, 0.15) is 11.6 Å². The molecule has 0 amide bonds. The second-order valence-electron chi connectivity index (χ2n) is 5.44.